The first-order chi connectivity index (χ1) is 17.8. The number of halogens is 4. The summed E-state index contributed by atoms with van der Waals surface area (Å²) in [6.07, 6.45) is 1.52. The molecule has 0 aromatic heterocycles. The lowest BCUT2D eigenvalue weighted by molar-refractivity contribution is -0.124. The molecule has 0 radical (unpaired) electrons. The second-order valence-electron chi connectivity index (χ2n) is 11.9. The molecule has 6 nitrogen and oxygen atoms in total. The molecule has 5 rings (SSSR count). The predicted octanol–water partition coefficient (Wildman–Crippen LogP) is 5.05. The Kier molecular flexibility index (Phi) is 7.00. The van der Waals surface area contributed by atoms with E-state index in [4.69, 9.17) is 23.2 Å². The third kappa shape index (κ3) is 4.49. The minimum atomic E-state index is -1.53. The highest BCUT2D eigenvalue weighted by Gasteiger charge is 2.66. The van der Waals surface area contributed by atoms with Crippen molar-refractivity contribution in [2.24, 2.45) is 5.41 Å². The maximum absolute atomic E-state index is 15.7. The number of hydrogen-bond donors (Lipinski definition) is 4. The number of carbonyl (C=O) groups is 2. The molecule has 3 aliphatic rings. The molecule has 2 heterocycles. The van der Waals surface area contributed by atoms with Crippen molar-refractivity contribution < 1.29 is 23.5 Å². The minimum absolute atomic E-state index is 0.0892. The number of carbonyl (C=O) groups excluding carboxylic acids is 2. The SMILES string of the molecule is CC(C)(C)CC1NC(C(=O)NC2CCC(O)C2)C(c2cccc(Cl)c2F)C12C(=O)Nc1cc(Cl)c(F)cc12. The van der Waals surface area contributed by atoms with Crippen LogP contribution in [-0.4, -0.2) is 41.2 Å². The Balaban J connectivity index is 1.72. The molecule has 2 aromatic rings. The van der Waals surface area contributed by atoms with Gasteiger partial charge in [-0.1, -0.05) is 56.1 Å². The molecule has 6 atom stereocenters. The number of aliphatic hydroxyl groups is 1. The monoisotopic (exact) mass is 565 g/mol. The number of hydrogen-bond acceptors (Lipinski definition) is 4. The molecule has 204 valence electrons. The van der Waals surface area contributed by atoms with E-state index in [-0.39, 0.29) is 27.1 Å². The van der Waals surface area contributed by atoms with Crippen molar-refractivity contribution in [1.82, 2.24) is 10.6 Å². The van der Waals surface area contributed by atoms with Gasteiger partial charge in [-0.05, 0) is 60.4 Å². The van der Waals surface area contributed by atoms with Crippen LogP contribution in [0.1, 0.15) is 63.5 Å². The number of benzene rings is 2. The summed E-state index contributed by atoms with van der Waals surface area (Å²) in [5.74, 6) is -3.39. The van der Waals surface area contributed by atoms with Crippen molar-refractivity contribution in [3.05, 3.63) is 63.1 Å². The molecule has 2 aliphatic heterocycles. The summed E-state index contributed by atoms with van der Waals surface area (Å²) in [4.78, 5) is 27.9. The zero-order chi connectivity index (χ0) is 27.6. The Morgan fingerprint density at radius 2 is 1.92 bits per heavy atom. The molecule has 1 saturated heterocycles. The molecule has 0 bridgehead atoms. The number of nitrogens with one attached hydrogen (secondary N) is 3. The van der Waals surface area contributed by atoms with Gasteiger partial charge in [-0.3, -0.25) is 9.59 Å². The van der Waals surface area contributed by atoms with Gasteiger partial charge in [-0.15, -0.1) is 0 Å². The molecular weight excluding hydrogens is 535 g/mol. The molecule has 2 amide bonds. The van der Waals surface area contributed by atoms with Crippen molar-refractivity contribution in [2.75, 3.05) is 5.32 Å². The Morgan fingerprint density at radius 1 is 1.18 bits per heavy atom. The number of rotatable bonds is 4. The second-order valence-corrected chi connectivity index (χ2v) is 12.7. The van der Waals surface area contributed by atoms with Gasteiger partial charge < -0.3 is 21.1 Å². The molecule has 10 heteroatoms. The van der Waals surface area contributed by atoms with Crippen molar-refractivity contribution in [3.63, 3.8) is 0 Å². The Hall–Kier alpha value is -2.26. The first kappa shape index (κ1) is 27.3. The number of aliphatic hydroxyl groups excluding tert-OH is 1. The summed E-state index contributed by atoms with van der Waals surface area (Å²) in [6.45, 7) is 6.00. The van der Waals surface area contributed by atoms with Gasteiger partial charge in [-0.25, -0.2) is 8.78 Å². The lowest BCUT2D eigenvalue weighted by Gasteiger charge is -2.37. The van der Waals surface area contributed by atoms with Gasteiger partial charge in [0, 0.05) is 23.7 Å². The fourth-order valence-electron chi connectivity index (χ4n) is 6.54. The number of anilines is 1. The van der Waals surface area contributed by atoms with E-state index in [0.29, 0.717) is 36.9 Å². The quantitative estimate of drug-likeness (QED) is 0.417. The molecule has 1 saturated carbocycles. The number of fused-ring (bicyclic) bond motifs is 2. The van der Waals surface area contributed by atoms with Crippen LogP contribution in [0, 0.1) is 17.0 Å². The van der Waals surface area contributed by atoms with E-state index in [1.807, 2.05) is 20.8 Å². The molecule has 38 heavy (non-hydrogen) atoms. The topological polar surface area (TPSA) is 90.5 Å². The second kappa shape index (κ2) is 9.73. The Morgan fingerprint density at radius 3 is 2.58 bits per heavy atom. The van der Waals surface area contributed by atoms with E-state index >= 15 is 4.39 Å². The average molecular weight is 566 g/mol. The lowest BCUT2D eigenvalue weighted by Crippen LogP contribution is -2.49. The van der Waals surface area contributed by atoms with Crippen LogP contribution in [0.3, 0.4) is 0 Å². The van der Waals surface area contributed by atoms with Crippen LogP contribution in [0.15, 0.2) is 30.3 Å². The summed E-state index contributed by atoms with van der Waals surface area (Å²) in [5, 5.41) is 18.9. The standard InChI is InChI=1S/C28H31Cl2F2N3O3/c1-27(2,3)12-21-28(16-10-19(31)18(30)11-20(16)34-26(28)38)22(15-5-4-6-17(29)23(15)32)24(35-21)25(37)33-13-7-8-14(36)9-13/h4-6,10-11,13-14,21-22,24,35-36H,7-9,12H2,1-3H3,(H,33,37)(H,34,38). The zero-order valence-electron chi connectivity index (χ0n) is 21.4. The van der Waals surface area contributed by atoms with E-state index in [1.54, 1.807) is 6.07 Å². The molecule has 4 N–H and O–H groups in total. The van der Waals surface area contributed by atoms with Crippen molar-refractivity contribution in [2.45, 2.75) is 82.0 Å². The highest BCUT2D eigenvalue weighted by Crippen LogP contribution is 2.57. The lowest BCUT2D eigenvalue weighted by atomic mass is 9.62. The molecule has 6 unspecified atom stereocenters. The van der Waals surface area contributed by atoms with Crippen LogP contribution in [0.5, 0.6) is 0 Å². The third-order valence-electron chi connectivity index (χ3n) is 8.05. The Bertz CT molecular complexity index is 1300. The van der Waals surface area contributed by atoms with E-state index < -0.39 is 53.0 Å². The molecule has 2 aromatic carbocycles. The van der Waals surface area contributed by atoms with Crippen LogP contribution in [0.25, 0.3) is 0 Å². The predicted molar refractivity (Wildman–Crippen MR) is 142 cm³/mol. The highest BCUT2D eigenvalue weighted by atomic mass is 35.5. The van der Waals surface area contributed by atoms with Crippen molar-refractivity contribution in [1.29, 1.82) is 0 Å². The third-order valence-corrected chi connectivity index (χ3v) is 8.63. The van der Waals surface area contributed by atoms with Gasteiger partial charge in [0.05, 0.1) is 22.2 Å². The highest BCUT2D eigenvalue weighted by molar-refractivity contribution is 6.31. The van der Waals surface area contributed by atoms with Crippen LogP contribution in [0.4, 0.5) is 14.5 Å². The van der Waals surface area contributed by atoms with Gasteiger partial charge in [0.25, 0.3) is 0 Å². The summed E-state index contributed by atoms with van der Waals surface area (Å²) in [7, 11) is 0. The van der Waals surface area contributed by atoms with Gasteiger partial charge in [0.2, 0.25) is 11.8 Å². The average Bonchev–Trinajstić information content (AvgIpc) is 3.46. The van der Waals surface area contributed by atoms with Crippen molar-refractivity contribution >= 4 is 40.7 Å². The zero-order valence-corrected chi connectivity index (χ0v) is 22.9. The van der Waals surface area contributed by atoms with E-state index in [1.165, 1.54) is 24.3 Å². The van der Waals surface area contributed by atoms with Crippen LogP contribution >= 0.6 is 23.2 Å². The fourth-order valence-corrected chi connectivity index (χ4v) is 6.89. The summed E-state index contributed by atoms with van der Waals surface area (Å²) in [5.41, 5.74) is -1.10. The summed E-state index contributed by atoms with van der Waals surface area (Å²) in [6, 6.07) is 5.13. The van der Waals surface area contributed by atoms with E-state index in [0.717, 1.165) is 0 Å². The van der Waals surface area contributed by atoms with Crippen LogP contribution < -0.4 is 16.0 Å². The van der Waals surface area contributed by atoms with Gasteiger partial charge >= 0.3 is 0 Å². The summed E-state index contributed by atoms with van der Waals surface area (Å²) >= 11 is 12.3. The maximum atomic E-state index is 15.7. The van der Waals surface area contributed by atoms with E-state index in [9.17, 15) is 19.1 Å². The van der Waals surface area contributed by atoms with Crippen LogP contribution in [-0.2, 0) is 15.0 Å². The maximum Gasteiger partial charge on any atom is 0.238 e. The fraction of sp³-hybridized carbons (Fsp3) is 0.500. The van der Waals surface area contributed by atoms with E-state index in [2.05, 4.69) is 16.0 Å². The van der Waals surface area contributed by atoms with Gasteiger partial charge in [0.15, 0.2) is 0 Å². The minimum Gasteiger partial charge on any atom is -0.393 e. The summed E-state index contributed by atoms with van der Waals surface area (Å²) < 4.78 is 30.7. The Labute approximate surface area is 230 Å². The van der Waals surface area contributed by atoms with Gasteiger partial charge in [-0.2, -0.15) is 0 Å². The van der Waals surface area contributed by atoms with Crippen LogP contribution in [0.2, 0.25) is 10.0 Å². The molecular formula is C28H31Cl2F2N3O3. The first-order valence-corrected chi connectivity index (χ1v) is 13.6. The van der Waals surface area contributed by atoms with Gasteiger partial charge in [0.1, 0.15) is 17.0 Å². The first-order valence-electron chi connectivity index (χ1n) is 12.8. The molecule has 1 aliphatic carbocycles. The normalized spacial score (nSPS) is 30.5. The van der Waals surface area contributed by atoms with Crippen molar-refractivity contribution in [3.8, 4) is 0 Å². The molecule has 1 spiro atoms. The smallest absolute Gasteiger partial charge is 0.238 e. The molecule has 2 fully saturated rings. The number of amides is 2. The largest absolute Gasteiger partial charge is 0.393 e.